The van der Waals surface area contributed by atoms with Gasteiger partial charge in [0, 0.05) is 25.0 Å². The predicted molar refractivity (Wildman–Crippen MR) is 69.3 cm³/mol. The molecule has 1 fully saturated rings. The summed E-state index contributed by atoms with van der Waals surface area (Å²) in [4.78, 5) is 16.2. The quantitative estimate of drug-likeness (QED) is 0.871. The molecule has 2 rings (SSSR count). The van der Waals surface area contributed by atoms with E-state index < -0.39 is 0 Å². The van der Waals surface area contributed by atoms with Gasteiger partial charge >= 0.3 is 0 Å². The molecule has 1 aliphatic carbocycles. The van der Waals surface area contributed by atoms with Gasteiger partial charge in [-0.3, -0.25) is 4.79 Å². The monoisotopic (exact) mass is 235 g/mol. The first kappa shape index (κ1) is 12.1. The average Bonchev–Trinajstić information content (AvgIpc) is 2.36. The molecule has 0 atom stereocenters. The maximum absolute atomic E-state index is 12.1. The van der Waals surface area contributed by atoms with Crippen LogP contribution in [0.3, 0.4) is 0 Å². The lowest BCUT2D eigenvalue weighted by Gasteiger charge is -2.23. The topological polar surface area (TPSA) is 46.9 Å². The lowest BCUT2D eigenvalue weighted by atomic mass is 9.95. The maximum Gasteiger partial charge on any atom is 0.293 e. The number of aryl methyl sites for hydroxylation is 1. The summed E-state index contributed by atoms with van der Waals surface area (Å²) in [7, 11) is 0. The molecule has 17 heavy (non-hydrogen) atoms. The number of hydrogen-bond donors (Lipinski definition) is 1. The normalized spacial score (nSPS) is 17.0. The molecule has 0 spiro atoms. The summed E-state index contributed by atoms with van der Waals surface area (Å²) < 4.78 is 1.73. The van der Waals surface area contributed by atoms with Crippen molar-refractivity contribution in [1.82, 2.24) is 9.55 Å². The average molecular weight is 235 g/mol. The minimum Gasteiger partial charge on any atom is -0.363 e. The van der Waals surface area contributed by atoms with Crippen LogP contribution in [0.25, 0.3) is 0 Å². The summed E-state index contributed by atoms with van der Waals surface area (Å²) in [5.74, 6) is 0.521. The Hall–Kier alpha value is -1.32. The van der Waals surface area contributed by atoms with Crippen LogP contribution in [0.1, 0.15) is 45.4 Å². The van der Waals surface area contributed by atoms with Crippen molar-refractivity contribution in [3.05, 3.63) is 22.7 Å². The minimum atomic E-state index is 0.0138. The molecule has 1 aromatic rings. The zero-order valence-corrected chi connectivity index (χ0v) is 10.5. The summed E-state index contributed by atoms with van der Waals surface area (Å²) in [5, 5.41) is 3.30. The van der Waals surface area contributed by atoms with Crippen LogP contribution in [0.5, 0.6) is 0 Å². The van der Waals surface area contributed by atoms with E-state index in [1.54, 1.807) is 17.0 Å². The fourth-order valence-electron chi connectivity index (χ4n) is 2.40. The molecular weight excluding hydrogens is 214 g/mol. The molecule has 0 aliphatic heterocycles. The van der Waals surface area contributed by atoms with Gasteiger partial charge in [-0.1, -0.05) is 26.2 Å². The van der Waals surface area contributed by atoms with Crippen molar-refractivity contribution in [2.24, 2.45) is 0 Å². The molecule has 0 amide bonds. The lowest BCUT2D eigenvalue weighted by Crippen LogP contribution is -2.30. The van der Waals surface area contributed by atoms with Gasteiger partial charge in [-0.25, -0.2) is 4.98 Å². The summed E-state index contributed by atoms with van der Waals surface area (Å²) in [6.07, 6.45) is 10.6. The highest BCUT2D eigenvalue weighted by molar-refractivity contribution is 5.32. The van der Waals surface area contributed by atoms with E-state index in [2.05, 4.69) is 17.2 Å². The Morgan fingerprint density at radius 3 is 2.88 bits per heavy atom. The second-order valence-electron chi connectivity index (χ2n) is 4.75. The summed E-state index contributed by atoms with van der Waals surface area (Å²) in [6.45, 7) is 2.84. The van der Waals surface area contributed by atoms with Crippen LogP contribution in [-0.2, 0) is 6.54 Å². The molecule has 0 unspecified atom stereocenters. The molecule has 1 N–H and O–H groups in total. The van der Waals surface area contributed by atoms with Gasteiger partial charge in [0.2, 0.25) is 0 Å². The zero-order valence-electron chi connectivity index (χ0n) is 10.5. The first-order valence-electron chi connectivity index (χ1n) is 6.63. The summed E-state index contributed by atoms with van der Waals surface area (Å²) >= 11 is 0. The Balaban J connectivity index is 2.09. The number of aromatic nitrogens is 2. The van der Waals surface area contributed by atoms with Crippen molar-refractivity contribution in [1.29, 1.82) is 0 Å². The van der Waals surface area contributed by atoms with Gasteiger partial charge in [-0.05, 0) is 19.3 Å². The molecule has 0 aromatic carbocycles. The largest absolute Gasteiger partial charge is 0.363 e. The van der Waals surface area contributed by atoms with Crippen molar-refractivity contribution >= 4 is 5.82 Å². The van der Waals surface area contributed by atoms with Crippen molar-refractivity contribution in [2.75, 3.05) is 5.32 Å². The Labute approximate surface area is 102 Å². The van der Waals surface area contributed by atoms with Crippen LogP contribution < -0.4 is 10.9 Å². The van der Waals surface area contributed by atoms with Crippen molar-refractivity contribution in [3.8, 4) is 0 Å². The molecule has 0 bridgehead atoms. The van der Waals surface area contributed by atoms with E-state index in [4.69, 9.17) is 0 Å². The molecule has 1 aliphatic rings. The summed E-state index contributed by atoms with van der Waals surface area (Å²) in [5.41, 5.74) is 0.0138. The molecule has 1 saturated carbocycles. The standard InChI is InChI=1S/C13H21N3O/c1-2-9-16-10-8-14-12(13(16)17)15-11-6-4-3-5-7-11/h8,10-11H,2-7,9H2,1H3,(H,14,15). The lowest BCUT2D eigenvalue weighted by molar-refractivity contribution is 0.461. The predicted octanol–water partition coefficient (Wildman–Crippen LogP) is 2.40. The van der Waals surface area contributed by atoms with E-state index in [9.17, 15) is 4.79 Å². The zero-order chi connectivity index (χ0) is 12.1. The maximum atomic E-state index is 12.1. The van der Waals surface area contributed by atoms with Crippen molar-refractivity contribution in [2.45, 2.75) is 58.0 Å². The van der Waals surface area contributed by atoms with Gasteiger partial charge < -0.3 is 9.88 Å². The molecule has 4 nitrogen and oxygen atoms in total. The van der Waals surface area contributed by atoms with Crippen LogP contribution in [0.4, 0.5) is 5.82 Å². The smallest absolute Gasteiger partial charge is 0.293 e. The van der Waals surface area contributed by atoms with E-state index in [1.165, 1.54) is 19.3 Å². The SMILES string of the molecule is CCCn1ccnc(NC2CCCCC2)c1=O. The number of nitrogens with zero attached hydrogens (tertiary/aromatic N) is 2. The van der Waals surface area contributed by atoms with Crippen molar-refractivity contribution < 1.29 is 0 Å². The highest BCUT2D eigenvalue weighted by Crippen LogP contribution is 2.19. The van der Waals surface area contributed by atoms with Gasteiger partial charge in [0.15, 0.2) is 5.82 Å². The minimum absolute atomic E-state index is 0.0138. The number of rotatable bonds is 4. The third-order valence-corrected chi connectivity index (χ3v) is 3.32. The van der Waals surface area contributed by atoms with E-state index in [1.807, 2.05) is 0 Å². The Morgan fingerprint density at radius 1 is 1.41 bits per heavy atom. The molecular formula is C13H21N3O. The first-order valence-corrected chi connectivity index (χ1v) is 6.63. The van der Waals surface area contributed by atoms with Crippen LogP contribution in [0, 0.1) is 0 Å². The molecule has 0 radical (unpaired) electrons. The van der Waals surface area contributed by atoms with Crippen LogP contribution >= 0.6 is 0 Å². The van der Waals surface area contributed by atoms with Crippen molar-refractivity contribution in [3.63, 3.8) is 0 Å². The van der Waals surface area contributed by atoms with Gasteiger partial charge in [0.1, 0.15) is 0 Å². The first-order chi connectivity index (χ1) is 8.31. The van der Waals surface area contributed by atoms with Crippen LogP contribution in [-0.4, -0.2) is 15.6 Å². The number of anilines is 1. The Bertz CT molecular complexity index is 407. The van der Waals surface area contributed by atoms with E-state index in [0.717, 1.165) is 25.8 Å². The second-order valence-corrected chi connectivity index (χ2v) is 4.75. The Kier molecular flexibility index (Phi) is 4.18. The van der Waals surface area contributed by atoms with E-state index in [0.29, 0.717) is 11.9 Å². The highest BCUT2D eigenvalue weighted by Gasteiger charge is 2.15. The van der Waals surface area contributed by atoms with Gasteiger partial charge in [-0.2, -0.15) is 0 Å². The van der Waals surface area contributed by atoms with E-state index in [-0.39, 0.29) is 5.56 Å². The third kappa shape index (κ3) is 3.08. The molecule has 0 saturated heterocycles. The van der Waals surface area contributed by atoms with Gasteiger partial charge in [-0.15, -0.1) is 0 Å². The molecule has 1 heterocycles. The van der Waals surface area contributed by atoms with E-state index >= 15 is 0 Å². The van der Waals surface area contributed by atoms with Gasteiger partial charge in [0.05, 0.1) is 0 Å². The fraction of sp³-hybridized carbons (Fsp3) is 0.692. The molecule has 1 aromatic heterocycles. The number of nitrogens with one attached hydrogen (secondary N) is 1. The second kappa shape index (κ2) is 5.84. The third-order valence-electron chi connectivity index (χ3n) is 3.32. The Morgan fingerprint density at radius 2 is 2.18 bits per heavy atom. The van der Waals surface area contributed by atoms with Crippen LogP contribution in [0.2, 0.25) is 0 Å². The van der Waals surface area contributed by atoms with Crippen LogP contribution in [0.15, 0.2) is 17.2 Å². The van der Waals surface area contributed by atoms with Gasteiger partial charge in [0.25, 0.3) is 5.56 Å². The highest BCUT2D eigenvalue weighted by atomic mass is 16.1. The fourth-order valence-corrected chi connectivity index (χ4v) is 2.40. The molecule has 4 heteroatoms. The summed E-state index contributed by atoms with van der Waals surface area (Å²) in [6, 6.07) is 0.432. The number of hydrogen-bond acceptors (Lipinski definition) is 3. The molecule has 94 valence electrons.